The molecule has 0 amide bonds. The molecule has 0 N–H and O–H groups in total. The minimum absolute atomic E-state index is 1.07. The fraction of sp³-hybridized carbons (Fsp3) is 0.0556. The Balaban J connectivity index is 1.36. The van der Waals surface area contributed by atoms with E-state index in [4.69, 9.17) is 0 Å². The summed E-state index contributed by atoms with van der Waals surface area (Å²) in [5.74, 6) is 0. The first-order valence-corrected chi connectivity index (χ1v) is 12.9. The monoisotopic (exact) mass is 469 g/mol. The molecule has 0 spiro atoms. The lowest BCUT2D eigenvalue weighted by Crippen LogP contribution is -2.00. The summed E-state index contributed by atoms with van der Waals surface area (Å²) < 4.78 is 2.35. The van der Waals surface area contributed by atoms with Gasteiger partial charge >= 0.3 is 0 Å². The van der Waals surface area contributed by atoms with E-state index >= 15 is 0 Å². The van der Waals surface area contributed by atoms with Crippen molar-refractivity contribution in [3.63, 3.8) is 0 Å². The fourth-order valence-corrected chi connectivity index (χ4v) is 6.24. The Labute approximate surface area is 215 Å². The van der Waals surface area contributed by atoms with E-state index in [0.29, 0.717) is 0 Å². The van der Waals surface area contributed by atoms with Crippen molar-refractivity contribution in [2.45, 2.75) is 12.8 Å². The number of aromatic nitrogens is 1. The van der Waals surface area contributed by atoms with Crippen molar-refractivity contribution < 1.29 is 0 Å². The molecular weight excluding hydrogens is 446 g/mol. The van der Waals surface area contributed by atoms with E-state index in [0.717, 1.165) is 24.0 Å². The van der Waals surface area contributed by atoms with Crippen molar-refractivity contribution in [1.29, 1.82) is 0 Å². The van der Waals surface area contributed by atoms with Gasteiger partial charge in [0, 0.05) is 11.1 Å². The number of hydrogen-bond acceptors (Lipinski definition) is 0. The van der Waals surface area contributed by atoms with Crippen molar-refractivity contribution in [2.24, 2.45) is 0 Å². The molecule has 1 heteroatoms. The van der Waals surface area contributed by atoms with Gasteiger partial charge in [-0.15, -0.1) is 0 Å². The van der Waals surface area contributed by atoms with Crippen LogP contribution in [-0.4, -0.2) is 4.57 Å². The first kappa shape index (κ1) is 20.4. The summed E-state index contributed by atoms with van der Waals surface area (Å²) in [7, 11) is 0. The highest BCUT2D eigenvalue weighted by atomic mass is 15.0. The molecule has 1 heterocycles. The second-order valence-corrected chi connectivity index (χ2v) is 9.91. The van der Waals surface area contributed by atoms with Gasteiger partial charge in [0.2, 0.25) is 0 Å². The Kier molecular flexibility index (Phi) is 4.33. The molecule has 1 aliphatic carbocycles. The number of hydrogen-bond donors (Lipinski definition) is 0. The fourth-order valence-electron chi connectivity index (χ4n) is 6.24. The van der Waals surface area contributed by atoms with E-state index in [1.165, 1.54) is 60.1 Å². The van der Waals surface area contributed by atoms with Crippen LogP contribution in [-0.2, 0) is 6.42 Å². The molecule has 0 fully saturated rings. The molecule has 0 saturated heterocycles. The first-order chi connectivity index (χ1) is 18.4. The van der Waals surface area contributed by atoms with Gasteiger partial charge < -0.3 is 4.57 Å². The third-order valence-electron chi connectivity index (χ3n) is 7.90. The standard InChI is InChI=1S/C36H23N/c1-2-14-29-27(12-1)28-13-3-4-15-30(28)34-23-25(20-21-31(29)34)24-10-9-11-26(22-24)37-35-18-7-5-16-32(35)33-17-6-8-19-36(33)37/h1-5,8-16,19-23H,6,17H2. The Morgan fingerprint density at radius 3 is 2.08 bits per heavy atom. The molecule has 37 heavy (non-hydrogen) atoms. The summed E-state index contributed by atoms with van der Waals surface area (Å²) in [5.41, 5.74) is 7.39. The van der Waals surface area contributed by atoms with Gasteiger partial charge in [0.15, 0.2) is 0 Å². The van der Waals surface area contributed by atoms with Gasteiger partial charge in [0.1, 0.15) is 5.52 Å². The molecule has 1 aliphatic rings. The van der Waals surface area contributed by atoms with Crippen molar-refractivity contribution in [1.82, 2.24) is 4.57 Å². The van der Waals surface area contributed by atoms with Gasteiger partial charge in [-0.1, -0.05) is 84.9 Å². The molecule has 0 aliphatic heterocycles. The molecule has 8 rings (SSSR count). The maximum absolute atomic E-state index is 3.40. The topological polar surface area (TPSA) is 4.93 Å². The number of nitrogens with zero attached hydrogens (tertiary/aromatic N) is 1. The molecule has 0 unspecified atom stereocenters. The van der Waals surface area contributed by atoms with Crippen molar-refractivity contribution in [3.8, 4) is 16.8 Å². The van der Waals surface area contributed by atoms with Crippen LogP contribution in [0.5, 0.6) is 0 Å². The number of allylic oxidation sites excluding steroid dienone is 1. The Bertz CT molecular complexity index is 2000. The van der Waals surface area contributed by atoms with Gasteiger partial charge in [-0.25, -0.2) is 0 Å². The lowest BCUT2D eigenvalue weighted by molar-refractivity contribution is 0.968. The number of benzene rings is 5. The van der Waals surface area contributed by atoms with Crippen LogP contribution in [0.25, 0.3) is 66.1 Å². The largest absolute Gasteiger partial charge is 0.302 e. The van der Waals surface area contributed by atoms with Crippen LogP contribution in [0.2, 0.25) is 0 Å². The highest BCUT2D eigenvalue weighted by Crippen LogP contribution is 2.38. The molecule has 0 bridgehead atoms. The zero-order valence-corrected chi connectivity index (χ0v) is 20.3. The van der Waals surface area contributed by atoms with Crippen LogP contribution < -0.4 is 0 Å². The smallest absolute Gasteiger partial charge is 0.105 e. The second-order valence-electron chi connectivity index (χ2n) is 9.91. The summed E-state index contributed by atoms with van der Waals surface area (Å²) in [6.07, 6.45) is 6.71. The average molecular weight is 470 g/mol. The second kappa shape index (κ2) is 7.85. The summed E-state index contributed by atoms with van der Waals surface area (Å²) in [4.78, 5) is 0. The lowest BCUT2D eigenvalue weighted by atomic mass is 9.92. The summed E-state index contributed by atoms with van der Waals surface area (Å²) in [6.45, 7) is 0. The molecule has 0 saturated carbocycles. The lowest BCUT2D eigenvalue weighted by Gasteiger charge is -2.14. The molecule has 1 aromatic heterocycles. The normalized spacial score (nSPS) is 12.9. The van der Waals surface area contributed by atoms with Crippen LogP contribution in [0.3, 0.4) is 0 Å². The van der Waals surface area contributed by atoms with E-state index < -0.39 is 0 Å². The molecule has 7 aromatic rings. The van der Waals surface area contributed by atoms with Crippen LogP contribution in [0, 0.1) is 12.1 Å². The predicted molar refractivity (Wildman–Crippen MR) is 156 cm³/mol. The zero-order chi connectivity index (χ0) is 24.3. The van der Waals surface area contributed by atoms with Crippen molar-refractivity contribution >= 4 is 49.3 Å². The maximum atomic E-state index is 3.40. The minimum Gasteiger partial charge on any atom is -0.302 e. The van der Waals surface area contributed by atoms with Crippen LogP contribution in [0.4, 0.5) is 0 Å². The van der Waals surface area contributed by atoms with E-state index in [1.54, 1.807) is 0 Å². The quantitative estimate of drug-likeness (QED) is 0.222. The summed E-state index contributed by atoms with van der Waals surface area (Å²) in [5, 5.41) is 9.11. The van der Waals surface area contributed by atoms with Crippen molar-refractivity contribution in [2.75, 3.05) is 0 Å². The van der Waals surface area contributed by atoms with E-state index in [-0.39, 0.29) is 0 Å². The third-order valence-corrected chi connectivity index (χ3v) is 7.90. The Morgan fingerprint density at radius 1 is 0.595 bits per heavy atom. The number of fused-ring (bicyclic) bond motifs is 9. The Morgan fingerprint density at radius 2 is 1.30 bits per heavy atom. The van der Waals surface area contributed by atoms with Crippen LogP contribution in [0.1, 0.15) is 17.7 Å². The van der Waals surface area contributed by atoms with Gasteiger partial charge in [-0.05, 0) is 104 Å². The zero-order valence-electron chi connectivity index (χ0n) is 20.3. The van der Waals surface area contributed by atoms with E-state index in [9.17, 15) is 0 Å². The molecule has 0 atom stereocenters. The first-order valence-electron chi connectivity index (χ1n) is 12.9. The number of aryl methyl sites for hydroxylation is 1. The van der Waals surface area contributed by atoms with Gasteiger partial charge in [-0.3, -0.25) is 0 Å². The van der Waals surface area contributed by atoms with E-state index in [1.807, 2.05) is 6.07 Å². The Hall–Kier alpha value is -4.80. The number of rotatable bonds is 2. The van der Waals surface area contributed by atoms with Gasteiger partial charge in [-0.2, -0.15) is 0 Å². The molecular formula is C36H23N. The maximum Gasteiger partial charge on any atom is 0.105 e. The molecule has 0 radical (unpaired) electrons. The van der Waals surface area contributed by atoms with Gasteiger partial charge in [0.25, 0.3) is 0 Å². The predicted octanol–water partition coefficient (Wildman–Crippen LogP) is 9.32. The third kappa shape index (κ3) is 3.00. The van der Waals surface area contributed by atoms with E-state index in [2.05, 4.69) is 126 Å². The summed E-state index contributed by atoms with van der Waals surface area (Å²) in [6, 6.07) is 44.1. The minimum atomic E-state index is 1.07. The summed E-state index contributed by atoms with van der Waals surface area (Å²) >= 11 is 0. The van der Waals surface area contributed by atoms with Crippen LogP contribution in [0.15, 0.2) is 109 Å². The van der Waals surface area contributed by atoms with Gasteiger partial charge in [0.05, 0.1) is 5.69 Å². The highest BCUT2D eigenvalue weighted by Gasteiger charge is 2.18. The average Bonchev–Trinajstić information content (AvgIpc) is 3.32. The SMILES string of the molecule is c1ccc2c3c(n(-c4cccc(-c5ccc6c7ccccc7c7ccccc7c6c5)c4)c2c#1)C=CCC3. The van der Waals surface area contributed by atoms with Crippen molar-refractivity contribution in [3.05, 3.63) is 133 Å². The molecule has 1 nitrogen and oxygen atoms in total. The van der Waals surface area contributed by atoms with Crippen LogP contribution >= 0.6 is 0 Å². The highest BCUT2D eigenvalue weighted by molar-refractivity contribution is 6.25. The molecule has 172 valence electrons. The molecule has 6 aromatic carbocycles.